The number of nitrogens with one attached hydrogen (secondary N) is 1. The van der Waals surface area contributed by atoms with Crippen LogP contribution in [0.1, 0.15) is 47.3 Å². The zero-order valence-electron chi connectivity index (χ0n) is 13.3. The van der Waals surface area contributed by atoms with Crippen molar-refractivity contribution < 1.29 is 4.52 Å². The van der Waals surface area contributed by atoms with Gasteiger partial charge in [0.15, 0.2) is 11.3 Å². The van der Waals surface area contributed by atoms with E-state index in [4.69, 9.17) is 4.52 Å². The quantitative estimate of drug-likeness (QED) is 0.939. The molecular weight excluding hydrogens is 280 g/mol. The SMILES string of the molecule is Cc1nc([C@H]2CCCN(Cc3[nH]cc(C)c(=O)c3C)C2)no1. The molecule has 0 spiro atoms. The maximum atomic E-state index is 12.0. The molecule has 1 N–H and O–H groups in total. The summed E-state index contributed by atoms with van der Waals surface area (Å²) in [6, 6.07) is 0. The van der Waals surface area contributed by atoms with Crippen LogP contribution >= 0.6 is 0 Å². The van der Waals surface area contributed by atoms with E-state index >= 15 is 0 Å². The van der Waals surface area contributed by atoms with Crippen molar-refractivity contribution in [2.75, 3.05) is 13.1 Å². The molecule has 2 aromatic heterocycles. The molecule has 1 fully saturated rings. The summed E-state index contributed by atoms with van der Waals surface area (Å²) < 4.78 is 5.09. The predicted molar refractivity (Wildman–Crippen MR) is 82.8 cm³/mol. The Hall–Kier alpha value is -1.95. The van der Waals surface area contributed by atoms with Crippen molar-refractivity contribution in [2.24, 2.45) is 0 Å². The Morgan fingerprint density at radius 3 is 2.95 bits per heavy atom. The number of hydrogen-bond acceptors (Lipinski definition) is 5. The molecule has 0 radical (unpaired) electrons. The van der Waals surface area contributed by atoms with E-state index in [0.29, 0.717) is 11.8 Å². The molecule has 3 heterocycles. The van der Waals surface area contributed by atoms with Crippen molar-refractivity contribution in [1.82, 2.24) is 20.0 Å². The first-order valence-electron chi connectivity index (χ1n) is 7.75. The number of hydrogen-bond donors (Lipinski definition) is 1. The third kappa shape index (κ3) is 2.97. The third-order valence-electron chi connectivity index (χ3n) is 4.41. The van der Waals surface area contributed by atoms with Gasteiger partial charge in [-0.05, 0) is 33.2 Å². The lowest BCUT2D eigenvalue weighted by atomic mass is 9.97. The average molecular weight is 302 g/mol. The van der Waals surface area contributed by atoms with Crippen molar-refractivity contribution >= 4 is 0 Å². The third-order valence-corrected chi connectivity index (χ3v) is 4.41. The van der Waals surface area contributed by atoms with E-state index in [-0.39, 0.29) is 5.43 Å². The van der Waals surface area contributed by atoms with Gasteiger partial charge in [-0.1, -0.05) is 5.16 Å². The number of pyridine rings is 1. The molecule has 118 valence electrons. The molecule has 0 saturated carbocycles. The standard InChI is InChI=1S/C16H22N4O2/c1-10-7-17-14(11(2)15(10)21)9-20-6-4-5-13(8-20)16-18-12(3)22-19-16/h7,13H,4-6,8-9H2,1-3H3,(H,17,21)/t13-/m0/s1. The number of aryl methyl sites for hydroxylation is 2. The van der Waals surface area contributed by atoms with Crippen LogP contribution in [0, 0.1) is 20.8 Å². The van der Waals surface area contributed by atoms with Crippen LogP contribution in [0.5, 0.6) is 0 Å². The Labute approximate surface area is 129 Å². The normalized spacial score (nSPS) is 19.5. The summed E-state index contributed by atoms with van der Waals surface area (Å²) in [6.07, 6.45) is 3.99. The van der Waals surface area contributed by atoms with E-state index in [1.807, 2.05) is 20.8 Å². The topological polar surface area (TPSA) is 75.0 Å². The van der Waals surface area contributed by atoms with Gasteiger partial charge in [0.2, 0.25) is 5.89 Å². The molecule has 3 rings (SSSR count). The van der Waals surface area contributed by atoms with Crippen LogP contribution in [-0.4, -0.2) is 33.1 Å². The van der Waals surface area contributed by atoms with Gasteiger partial charge in [0.25, 0.3) is 0 Å². The second-order valence-corrected chi connectivity index (χ2v) is 6.15. The summed E-state index contributed by atoms with van der Waals surface area (Å²) in [6.45, 7) is 8.24. The Bertz CT molecular complexity index is 719. The van der Waals surface area contributed by atoms with Crippen LogP contribution in [0.2, 0.25) is 0 Å². The summed E-state index contributed by atoms with van der Waals surface area (Å²) in [4.78, 5) is 22.0. The first-order chi connectivity index (χ1) is 10.5. The molecule has 6 heteroatoms. The lowest BCUT2D eigenvalue weighted by Gasteiger charge is -2.31. The van der Waals surface area contributed by atoms with Gasteiger partial charge in [0.1, 0.15) is 0 Å². The van der Waals surface area contributed by atoms with Crippen molar-refractivity contribution in [1.29, 1.82) is 0 Å². The highest BCUT2D eigenvalue weighted by molar-refractivity contribution is 5.23. The zero-order valence-corrected chi connectivity index (χ0v) is 13.3. The number of H-pyrrole nitrogens is 1. The molecule has 2 aromatic rings. The van der Waals surface area contributed by atoms with Gasteiger partial charge in [-0.25, -0.2) is 0 Å². The van der Waals surface area contributed by atoms with Crippen molar-refractivity contribution in [3.05, 3.63) is 45.0 Å². The van der Waals surface area contributed by atoms with Crippen LogP contribution in [0.25, 0.3) is 0 Å². The molecule has 0 bridgehead atoms. The Kier molecular flexibility index (Phi) is 4.11. The number of aromatic nitrogens is 3. The maximum absolute atomic E-state index is 12.0. The Balaban J connectivity index is 1.73. The van der Waals surface area contributed by atoms with Gasteiger partial charge in [-0.2, -0.15) is 4.98 Å². The highest BCUT2D eigenvalue weighted by Crippen LogP contribution is 2.25. The van der Waals surface area contributed by atoms with Gasteiger partial charge < -0.3 is 9.51 Å². The molecule has 0 aromatic carbocycles. The molecule has 0 aliphatic carbocycles. The maximum Gasteiger partial charge on any atom is 0.223 e. The molecule has 6 nitrogen and oxygen atoms in total. The fraction of sp³-hybridized carbons (Fsp3) is 0.562. The van der Waals surface area contributed by atoms with E-state index in [1.165, 1.54) is 0 Å². The zero-order chi connectivity index (χ0) is 15.7. The fourth-order valence-electron chi connectivity index (χ4n) is 3.08. The van der Waals surface area contributed by atoms with Crippen LogP contribution < -0.4 is 5.43 Å². The molecule has 22 heavy (non-hydrogen) atoms. The molecule has 1 atom stereocenters. The van der Waals surface area contributed by atoms with Gasteiger partial charge in [-0.15, -0.1) is 0 Å². The molecule has 1 aliphatic heterocycles. The van der Waals surface area contributed by atoms with E-state index in [2.05, 4.69) is 20.0 Å². The summed E-state index contributed by atoms with van der Waals surface area (Å²) in [7, 11) is 0. The predicted octanol–water partition coefficient (Wildman–Crippen LogP) is 2.06. The van der Waals surface area contributed by atoms with Crippen molar-refractivity contribution in [3.63, 3.8) is 0 Å². The lowest BCUT2D eigenvalue weighted by molar-refractivity contribution is 0.192. The van der Waals surface area contributed by atoms with Gasteiger partial charge in [0, 0.05) is 48.9 Å². The van der Waals surface area contributed by atoms with Crippen LogP contribution in [-0.2, 0) is 6.54 Å². The minimum absolute atomic E-state index is 0.135. The Morgan fingerprint density at radius 2 is 2.23 bits per heavy atom. The fourth-order valence-corrected chi connectivity index (χ4v) is 3.08. The van der Waals surface area contributed by atoms with E-state index in [0.717, 1.165) is 55.1 Å². The van der Waals surface area contributed by atoms with Crippen LogP contribution in [0.4, 0.5) is 0 Å². The van der Waals surface area contributed by atoms with Gasteiger partial charge in [0.05, 0.1) is 0 Å². The van der Waals surface area contributed by atoms with Crippen molar-refractivity contribution in [3.8, 4) is 0 Å². The molecule has 0 amide bonds. The van der Waals surface area contributed by atoms with Gasteiger partial charge >= 0.3 is 0 Å². The summed E-state index contributed by atoms with van der Waals surface area (Å²) >= 11 is 0. The molecule has 1 aliphatic rings. The van der Waals surface area contributed by atoms with Crippen LogP contribution in [0.3, 0.4) is 0 Å². The second-order valence-electron chi connectivity index (χ2n) is 6.15. The van der Waals surface area contributed by atoms with Crippen LogP contribution in [0.15, 0.2) is 15.5 Å². The number of likely N-dealkylation sites (tertiary alicyclic amines) is 1. The smallest absolute Gasteiger partial charge is 0.223 e. The van der Waals surface area contributed by atoms with E-state index in [9.17, 15) is 4.79 Å². The number of piperidine rings is 1. The number of nitrogens with zero attached hydrogens (tertiary/aromatic N) is 3. The Morgan fingerprint density at radius 1 is 1.41 bits per heavy atom. The largest absolute Gasteiger partial charge is 0.363 e. The lowest BCUT2D eigenvalue weighted by Crippen LogP contribution is -2.35. The monoisotopic (exact) mass is 302 g/mol. The van der Waals surface area contributed by atoms with E-state index < -0.39 is 0 Å². The molecule has 0 unspecified atom stereocenters. The highest BCUT2D eigenvalue weighted by Gasteiger charge is 2.25. The van der Waals surface area contributed by atoms with E-state index in [1.54, 1.807) is 6.20 Å². The molecular formula is C16H22N4O2. The van der Waals surface area contributed by atoms with Crippen molar-refractivity contribution in [2.45, 2.75) is 46.1 Å². The summed E-state index contributed by atoms with van der Waals surface area (Å²) in [5.41, 5.74) is 2.72. The first-order valence-corrected chi connectivity index (χ1v) is 7.75. The van der Waals surface area contributed by atoms with Gasteiger partial charge in [-0.3, -0.25) is 9.69 Å². The number of aromatic amines is 1. The highest BCUT2D eigenvalue weighted by atomic mass is 16.5. The number of rotatable bonds is 3. The average Bonchev–Trinajstić information content (AvgIpc) is 2.95. The summed E-state index contributed by atoms with van der Waals surface area (Å²) in [5, 5.41) is 4.05. The minimum atomic E-state index is 0.135. The minimum Gasteiger partial charge on any atom is -0.363 e. The molecule has 1 saturated heterocycles. The second kappa shape index (κ2) is 6.04. The summed E-state index contributed by atoms with van der Waals surface area (Å²) in [5.74, 6) is 1.73. The first kappa shape index (κ1) is 15.0.